The highest BCUT2D eigenvalue weighted by Gasteiger charge is 2.20. The number of methoxy groups -OCH3 is 2. The quantitative estimate of drug-likeness (QED) is 0.289. The van der Waals surface area contributed by atoms with Gasteiger partial charge >= 0.3 is 0 Å². The van der Waals surface area contributed by atoms with E-state index < -0.39 is 0 Å². The number of anilines is 2. The molecule has 3 aromatic heterocycles. The lowest BCUT2D eigenvalue weighted by molar-refractivity contribution is -0.117. The molecule has 0 bridgehead atoms. The molecule has 1 aliphatic rings. The van der Waals surface area contributed by atoms with Gasteiger partial charge in [0.1, 0.15) is 11.4 Å². The lowest BCUT2D eigenvalue weighted by Gasteiger charge is -2.11. The van der Waals surface area contributed by atoms with E-state index in [1.807, 2.05) is 11.4 Å². The average Bonchev–Trinajstić information content (AvgIpc) is 3.70. The largest absolute Gasteiger partial charge is 0.496 e. The van der Waals surface area contributed by atoms with Gasteiger partial charge in [-0.2, -0.15) is 5.10 Å². The minimum atomic E-state index is -0.356. The number of carbonyl (C=O) groups excluding carboxylic acids is 2. The van der Waals surface area contributed by atoms with Gasteiger partial charge in [-0.1, -0.05) is 18.9 Å². The minimum absolute atomic E-state index is 0.0595. The smallest absolute Gasteiger partial charge is 0.259 e. The van der Waals surface area contributed by atoms with E-state index in [1.165, 1.54) is 49.3 Å². The number of rotatable bonds is 9. The molecule has 202 valence electrons. The van der Waals surface area contributed by atoms with E-state index in [0.29, 0.717) is 46.6 Å². The summed E-state index contributed by atoms with van der Waals surface area (Å²) in [5.41, 5.74) is 3.66. The fourth-order valence-corrected chi connectivity index (χ4v) is 5.63. The van der Waals surface area contributed by atoms with Crippen LogP contribution in [0.5, 0.6) is 11.6 Å². The minimum Gasteiger partial charge on any atom is -0.496 e. The standard InChI is InChI=1S/C28H30N6O4S/c1-34-28(38-3)23(15-30-34)33-27(36)20-9-8-18(11-24(20)37-2)21-13-29-14-22(32-21)25-12-19(16-39-25)31-26(35)10-17-6-4-5-7-17/h8-9,11-17H,4-7,10H2,1-3H3,(H,31,35)(H,33,36). The number of hydrogen-bond donors (Lipinski definition) is 2. The van der Waals surface area contributed by atoms with Crippen LogP contribution in [0.15, 0.2) is 48.2 Å². The molecule has 0 saturated heterocycles. The number of benzene rings is 1. The van der Waals surface area contributed by atoms with Gasteiger partial charge in [-0.3, -0.25) is 14.6 Å². The Labute approximate surface area is 230 Å². The van der Waals surface area contributed by atoms with Crippen LogP contribution in [0.2, 0.25) is 0 Å². The SMILES string of the molecule is COc1cc(-c2cncc(-c3cc(NC(=O)CC4CCCC4)cs3)n2)ccc1C(=O)Nc1cnn(C)c1OC. The van der Waals surface area contributed by atoms with Crippen molar-refractivity contribution in [2.75, 3.05) is 24.9 Å². The number of carbonyl (C=O) groups is 2. The molecule has 11 heteroatoms. The number of ether oxygens (including phenoxy) is 2. The average molecular weight is 547 g/mol. The van der Waals surface area contributed by atoms with Crippen molar-refractivity contribution in [1.29, 1.82) is 0 Å². The Morgan fingerprint density at radius 3 is 2.62 bits per heavy atom. The third-order valence-electron chi connectivity index (χ3n) is 6.79. The van der Waals surface area contributed by atoms with Crippen LogP contribution >= 0.6 is 11.3 Å². The highest BCUT2D eigenvalue weighted by atomic mass is 32.1. The molecule has 1 saturated carbocycles. The summed E-state index contributed by atoms with van der Waals surface area (Å²) in [5, 5.41) is 11.9. The van der Waals surface area contributed by atoms with E-state index in [-0.39, 0.29) is 11.8 Å². The molecule has 3 heterocycles. The van der Waals surface area contributed by atoms with Crippen molar-refractivity contribution in [3.8, 4) is 33.5 Å². The fraction of sp³-hybridized carbons (Fsp3) is 0.321. The maximum Gasteiger partial charge on any atom is 0.259 e. The zero-order valence-electron chi connectivity index (χ0n) is 22.1. The van der Waals surface area contributed by atoms with Gasteiger partial charge in [0, 0.05) is 24.4 Å². The first-order valence-electron chi connectivity index (χ1n) is 12.7. The Kier molecular flexibility index (Phi) is 7.87. The number of nitrogens with zero attached hydrogens (tertiary/aromatic N) is 4. The van der Waals surface area contributed by atoms with Crippen molar-refractivity contribution in [3.05, 3.63) is 53.8 Å². The van der Waals surface area contributed by atoms with Crippen LogP contribution in [0.3, 0.4) is 0 Å². The molecular formula is C28H30N6O4S. The Morgan fingerprint density at radius 2 is 1.85 bits per heavy atom. The van der Waals surface area contributed by atoms with Gasteiger partial charge in [0.25, 0.3) is 5.91 Å². The van der Waals surface area contributed by atoms with Crippen molar-refractivity contribution >= 4 is 34.5 Å². The van der Waals surface area contributed by atoms with Gasteiger partial charge in [-0.25, -0.2) is 9.67 Å². The van der Waals surface area contributed by atoms with Crippen LogP contribution in [0.4, 0.5) is 11.4 Å². The summed E-state index contributed by atoms with van der Waals surface area (Å²) in [4.78, 5) is 35.5. The van der Waals surface area contributed by atoms with Gasteiger partial charge in [0.15, 0.2) is 0 Å². The molecule has 0 spiro atoms. The number of amides is 2. The van der Waals surface area contributed by atoms with Crippen molar-refractivity contribution in [1.82, 2.24) is 19.7 Å². The van der Waals surface area contributed by atoms with Gasteiger partial charge < -0.3 is 20.1 Å². The van der Waals surface area contributed by atoms with Gasteiger partial charge in [0.2, 0.25) is 11.8 Å². The summed E-state index contributed by atoms with van der Waals surface area (Å²) in [7, 11) is 4.75. The highest BCUT2D eigenvalue weighted by Crippen LogP contribution is 2.33. The van der Waals surface area contributed by atoms with Crippen LogP contribution < -0.4 is 20.1 Å². The Bertz CT molecular complexity index is 1490. The monoisotopic (exact) mass is 546 g/mol. The summed E-state index contributed by atoms with van der Waals surface area (Å²) >= 11 is 1.50. The van der Waals surface area contributed by atoms with Crippen LogP contribution in [-0.4, -0.2) is 45.8 Å². The zero-order valence-corrected chi connectivity index (χ0v) is 22.9. The third kappa shape index (κ3) is 5.93. The van der Waals surface area contributed by atoms with Crippen LogP contribution in [0.1, 0.15) is 42.5 Å². The van der Waals surface area contributed by atoms with Crippen LogP contribution in [-0.2, 0) is 11.8 Å². The molecule has 1 aliphatic carbocycles. The second-order valence-corrected chi connectivity index (χ2v) is 10.4. The molecule has 39 heavy (non-hydrogen) atoms. The van der Waals surface area contributed by atoms with E-state index in [0.717, 1.165) is 29.0 Å². The molecule has 2 N–H and O–H groups in total. The van der Waals surface area contributed by atoms with E-state index >= 15 is 0 Å². The Balaban J connectivity index is 1.31. The Morgan fingerprint density at radius 1 is 1.05 bits per heavy atom. The van der Waals surface area contributed by atoms with Gasteiger partial charge in [-0.15, -0.1) is 11.3 Å². The summed E-state index contributed by atoms with van der Waals surface area (Å²) in [6.07, 6.45) is 10.2. The van der Waals surface area contributed by atoms with Crippen LogP contribution in [0, 0.1) is 5.92 Å². The molecule has 0 atom stereocenters. The highest BCUT2D eigenvalue weighted by molar-refractivity contribution is 7.14. The number of aromatic nitrogens is 4. The molecule has 0 unspecified atom stereocenters. The van der Waals surface area contributed by atoms with Crippen molar-refractivity contribution in [3.63, 3.8) is 0 Å². The summed E-state index contributed by atoms with van der Waals surface area (Å²) in [6, 6.07) is 7.16. The zero-order chi connectivity index (χ0) is 27.4. The Hall–Kier alpha value is -4.25. The summed E-state index contributed by atoms with van der Waals surface area (Å²) in [6.45, 7) is 0. The first-order valence-corrected chi connectivity index (χ1v) is 13.6. The molecule has 5 rings (SSSR count). The lowest BCUT2D eigenvalue weighted by atomic mass is 10.0. The second kappa shape index (κ2) is 11.6. The lowest BCUT2D eigenvalue weighted by Crippen LogP contribution is -2.14. The van der Waals surface area contributed by atoms with Gasteiger partial charge in [0.05, 0.1) is 60.3 Å². The van der Waals surface area contributed by atoms with Crippen molar-refractivity contribution < 1.29 is 19.1 Å². The molecule has 0 aliphatic heterocycles. The van der Waals surface area contributed by atoms with E-state index in [2.05, 4.69) is 20.7 Å². The predicted octanol–water partition coefficient (Wildman–Crippen LogP) is 5.39. The first kappa shape index (κ1) is 26.4. The first-order chi connectivity index (χ1) is 18.9. The molecular weight excluding hydrogens is 516 g/mol. The van der Waals surface area contributed by atoms with Gasteiger partial charge in [-0.05, 0) is 37.0 Å². The third-order valence-corrected chi connectivity index (χ3v) is 7.74. The molecule has 10 nitrogen and oxygen atoms in total. The number of thiophene rings is 1. The summed E-state index contributed by atoms with van der Waals surface area (Å²) in [5.74, 6) is 1.03. The van der Waals surface area contributed by atoms with Crippen LogP contribution in [0.25, 0.3) is 21.8 Å². The topological polar surface area (TPSA) is 120 Å². The van der Waals surface area contributed by atoms with E-state index in [4.69, 9.17) is 14.5 Å². The molecule has 0 radical (unpaired) electrons. The maximum absolute atomic E-state index is 13.0. The van der Waals surface area contributed by atoms with Crippen molar-refractivity contribution in [2.45, 2.75) is 32.1 Å². The fourth-order valence-electron chi connectivity index (χ4n) is 4.83. The van der Waals surface area contributed by atoms with E-state index in [1.54, 1.807) is 37.6 Å². The summed E-state index contributed by atoms with van der Waals surface area (Å²) < 4.78 is 12.4. The van der Waals surface area contributed by atoms with Crippen molar-refractivity contribution in [2.24, 2.45) is 13.0 Å². The number of hydrogen-bond acceptors (Lipinski definition) is 8. The maximum atomic E-state index is 13.0. The van der Waals surface area contributed by atoms with E-state index in [9.17, 15) is 9.59 Å². The predicted molar refractivity (Wildman–Crippen MR) is 150 cm³/mol. The second-order valence-electron chi connectivity index (χ2n) is 9.45. The molecule has 2 amide bonds. The normalized spacial score (nSPS) is 13.3. The number of aryl methyl sites for hydroxylation is 1. The molecule has 1 fully saturated rings. The molecule has 1 aromatic carbocycles. The molecule has 4 aromatic rings. The number of nitrogens with one attached hydrogen (secondary N) is 2.